The number of nitrogens with zero attached hydrogens (tertiary/aromatic N) is 4. The van der Waals surface area contributed by atoms with E-state index in [1.807, 2.05) is 32.1 Å². The number of rotatable bonds is 2. The second-order valence-electron chi connectivity index (χ2n) is 7.36. The predicted octanol–water partition coefficient (Wildman–Crippen LogP) is 4.56. The van der Waals surface area contributed by atoms with E-state index >= 15 is 0 Å². The summed E-state index contributed by atoms with van der Waals surface area (Å²) in [5.74, 6) is -0.176. The molecule has 3 heterocycles. The van der Waals surface area contributed by atoms with Crippen molar-refractivity contribution in [1.82, 2.24) is 9.55 Å². The Morgan fingerprint density at radius 1 is 1.15 bits per heavy atom. The van der Waals surface area contributed by atoms with Crippen molar-refractivity contribution in [2.45, 2.75) is 13.0 Å². The first kappa shape index (κ1) is 16.6. The van der Waals surface area contributed by atoms with E-state index in [1.54, 1.807) is 23.5 Å². The fourth-order valence-corrected chi connectivity index (χ4v) is 4.98. The van der Waals surface area contributed by atoms with Gasteiger partial charge in [0.1, 0.15) is 5.82 Å². The van der Waals surface area contributed by atoms with Gasteiger partial charge in [-0.25, -0.2) is 9.37 Å². The SMILES string of the molecule is CN(C)c1nc2ccc(N3CCc4c(c5ccc(F)cc5n4C)C3)cc2s1. The molecule has 0 saturated heterocycles. The van der Waals surface area contributed by atoms with Gasteiger partial charge in [-0.15, -0.1) is 0 Å². The van der Waals surface area contributed by atoms with Gasteiger partial charge in [0.2, 0.25) is 0 Å². The molecule has 2 aromatic carbocycles. The average molecular weight is 380 g/mol. The van der Waals surface area contributed by atoms with Crippen molar-refractivity contribution in [3.05, 3.63) is 53.5 Å². The van der Waals surface area contributed by atoms with Gasteiger partial charge in [-0.2, -0.15) is 0 Å². The lowest BCUT2D eigenvalue weighted by atomic mass is 10.0. The molecule has 6 heteroatoms. The summed E-state index contributed by atoms with van der Waals surface area (Å²) in [7, 11) is 6.09. The summed E-state index contributed by atoms with van der Waals surface area (Å²) < 4.78 is 17.1. The molecule has 0 bridgehead atoms. The first-order chi connectivity index (χ1) is 13.0. The monoisotopic (exact) mass is 380 g/mol. The zero-order valence-corrected chi connectivity index (χ0v) is 16.5. The van der Waals surface area contributed by atoms with Crippen LogP contribution in [0.5, 0.6) is 0 Å². The second kappa shape index (κ2) is 5.96. The van der Waals surface area contributed by atoms with E-state index in [-0.39, 0.29) is 5.82 Å². The van der Waals surface area contributed by atoms with Crippen LogP contribution in [0.2, 0.25) is 0 Å². The maximum absolute atomic E-state index is 13.7. The molecule has 0 fully saturated rings. The van der Waals surface area contributed by atoms with Gasteiger partial charge >= 0.3 is 0 Å². The molecule has 2 aromatic heterocycles. The number of halogens is 1. The molecule has 0 aliphatic carbocycles. The first-order valence-electron chi connectivity index (χ1n) is 9.10. The normalized spacial score (nSPS) is 14.1. The summed E-state index contributed by atoms with van der Waals surface area (Å²) in [5, 5.41) is 2.19. The van der Waals surface area contributed by atoms with Crippen molar-refractivity contribution in [3.63, 3.8) is 0 Å². The largest absolute Gasteiger partial charge is 0.367 e. The lowest BCUT2D eigenvalue weighted by Gasteiger charge is -2.30. The number of hydrogen-bond acceptors (Lipinski definition) is 4. The predicted molar refractivity (Wildman–Crippen MR) is 112 cm³/mol. The third kappa shape index (κ3) is 2.58. The van der Waals surface area contributed by atoms with Crippen LogP contribution in [0.1, 0.15) is 11.3 Å². The minimum absolute atomic E-state index is 0.176. The standard InChI is InChI=1S/C21H21FN4S/c1-24(2)21-23-17-7-5-14(11-20(17)27-21)26-9-8-18-16(12-26)15-6-4-13(22)10-19(15)25(18)3/h4-7,10-11H,8-9,12H2,1-3H3. The molecule has 27 heavy (non-hydrogen) atoms. The van der Waals surface area contributed by atoms with Crippen LogP contribution in [-0.4, -0.2) is 30.2 Å². The van der Waals surface area contributed by atoms with Gasteiger partial charge in [0.25, 0.3) is 0 Å². The number of aromatic nitrogens is 2. The minimum atomic E-state index is -0.176. The molecule has 0 N–H and O–H groups in total. The Kier molecular flexibility index (Phi) is 3.65. The number of aryl methyl sites for hydroxylation is 1. The smallest absolute Gasteiger partial charge is 0.185 e. The van der Waals surface area contributed by atoms with E-state index < -0.39 is 0 Å². The van der Waals surface area contributed by atoms with Gasteiger partial charge in [-0.1, -0.05) is 11.3 Å². The summed E-state index contributed by atoms with van der Waals surface area (Å²) in [5.41, 5.74) is 5.89. The molecule has 0 unspecified atom stereocenters. The highest BCUT2D eigenvalue weighted by Crippen LogP contribution is 2.35. The second-order valence-corrected chi connectivity index (χ2v) is 8.37. The maximum Gasteiger partial charge on any atom is 0.185 e. The van der Waals surface area contributed by atoms with Crippen LogP contribution in [0, 0.1) is 5.82 Å². The summed E-state index contributed by atoms with van der Waals surface area (Å²) in [6.07, 6.45) is 0.964. The Morgan fingerprint density at radius 2 is 2.00 bits per heavy atom. The highest BCUT2D eigenvalue weighted by molar-refractivity contribution is 7.22. The van der Waals surface area contributed by atoms with Crippen molar-refractivity contribution in [1.29, 1.82) is 0 Å². The Hall–Kier alpha value is -2.60. The molecule has 1 aliphatic rings. The number of fused-ring (bicyclic) bond motifs is 4. The Balaban J connectivity index is 1.54. The lowest BCUT2D eigenvalue weighted by Crippen LogP contribution is -2.30. The molecule has 4 aromatic rings. The maximum atomic E-state index is 13.7. The topological polar surface area (TPSA) is 24.3 Å². The molecule has 0 spiro atoms. The summed E-state index contributed by atoms with van der Waals surface area (Å²) in [6, 6.07) is 11.6. The molecular formula is C21H21FN4S. The van der Waals surface area contributed by atoms with Crippen LogP contribution < -0.4 is 9.80 Å². The van der Waals surface area contributed by atoms with Gasteiger partial charge in [0.15, 0.2) is 5.13 Å². The molecular weight excluding hydrogens is 359 g/mol. The minimum Gasteiger partial charge on any atom is -0.367 e. The van der Waals surface area contributed by atoms with Gasteiger partial charge in [-0.3, -0.25) is 0 Å². The number of thiazole rings is 1. The van der Waals surface area contributed by atoms with E-state index in [9.17, 15) is 4.39 Å². The number of benzene rings is 2. The highest BCUT2D eigenvalue weighted by atomic mass is 32.1. The Morgan fingerprint density at radius 3 is 2.81 bits per heavy atom. The van der Waals surface area contributed by atoms with Crippen molar-refractivity contribution >= 4 is 43.3 Å². The Bertz CT molecular complexity index is 1170. The molecule has 4 nitrogen and oxygen atoms in total. The fourth-order valence-electron chi connectivity index (χ4n) is 4.06. The van der Waals surface area contributed by atoms with Gasteiger partial charge in [0, 0.05) is 63.0 Å². The Labute approximate surface area is 161 Å². The molecule has 0 atom stereocenters. The van der Waals surface area contributed by atoms with E-state index in [4.69, 9.17) is 0 Å². The van der Waals surface area contributed by atoms with Gasteiger partial charge < -0.3 is 14.4 Å². The lowest BCUT2D eigenvalue weighted by molar-refractivity contribution is 0.628. The van der Waals surface area contributed by atoms with Crippen LogP contribution in [0.25, 0.3) is 21.1 Å². The van der Waals surface area contributed by atoms with Crippen molar-refractivity contribution in [2.75, 3.05) is 30.4 Å². The molecule has 138 valence electrons. The third-order valence-electron chi connectivity index (χ3n) is 5.48. The number of anilines is 2. The fraction of sp³-hybridized carbons (Fsp3) is 0.286. The van der Waals surface area contributed by atoms with E-state index in [0.29, 0.717) is 0 Å². The van der Waals surface area contributed by atoms with Crippen molar-refractivity contribution < 1.29 is 4.39 Å². The quantitative estimate of drug-likeness (QED) is 0.510. The molecule has 0 amide bonds. The van der Waals surface area contributed by atoms with Crippen LogP contribution in [-0.2, 0) is 20.0 Å². The third-order valence-corrected chi connectivity index (χ3v) is 6.66. The summed E-state index contributed by atoms with van der Waals surface area (Å²) in [4.78, 5) is 9.14. The van der Waals surface area contributed by atoms with Crippen LogP contribution in [0.15, 0.2) is 36.4 Å². The van der Waals surface area contributed by atoms with E-state index in [1.165, 1.54) is 21.6 Å². The average Bonchev–Trinajstić information content (AvgIpc) is 3.21. The van der Waals surface area contributed by atoms with Crippen LogP contribution in [0.4, 0.5) is 15.2 Å². The first-order valence-corrected chi connectivity index (χ1v) is 9.91. The van der Waals surface area contributed by atoms with Crippen LogP contribution in [0.3, 0.4) is 0 Å². The molecule has 5 rings (SSSR count). The van der Waals surface area contributed by atoms with Gasteiger partial charge in [0.05, 0.1) is 15.7 Å². The molecule has 0 saturated carbocycles. The summed E-state index contributed by atoms with van der Waals surface area (Å²) in [6.45, 7) is 1.81. The van der Waals surface area contributed by atoms with Crippen LogP contribution >= 0.6 is 11.3 Å². The van der Waals surface area contributed by atoms with Gasteiger partial charge in [-0.05, 0) is 36.4 Å². The van der Waals surface area contributed by atoms with E-state index in [2.05, 4.69) is 32.7 Å². The highest BCUT2D eigenvalue weighted by Gasteiger charge is 2.23. The zero-order valence-electron chi connectivity index (χ0n) is 15.7. The van der Waals surface area contributed by atoms with Crippen molar-refractivity contribution in [3.8, 4) is 0 Å². The van der Waals surface area contributed by atoms with E-state index in [0.717, 1.165) is 41.1 Å². The molecule has 0 radical (unpaired) electrons. The van der Waals surface area contributed by atoms with Crippen molar-refractivity contribution in [2.24, 2.45) is 7.05 Å². The zero-order chi connectivity index (χ0) is 18.7. The number of hydrogen-bond donors (Lipinski definition) is 0. The molecule has 1 aliphatic heterocycles. The summed E-state index contributed by atoms with van der Waals surface area (Å²) >= 11 is 1.72.